The van der Waals surface area contributed by atoms with Gasteiger partial charge in [0.2, 0.25) is 0 Å². The van der Waals surface area contributed by atoms with Crippen LogP contribution in [0.5, 0.6) is 0 Å². The number of aromatic nitrogens is 1. The highest BCUT2D eigenvalue weighted by atomic mass is 19.1. The van der Waals surface area contributed by atoms with Gasteiger partial charge in [-0.3, -0.25) is 4.98 Å². The van der Waals surface area contributed by atoms with Gasteiger partial charge in [-0.1, -0.05) is 64.5 Å². The molecule has 0 bridgehead atoms. The fourth-order valence-corrected chi connectivity index (χ4v) is 6.46. The van der Waals surface area contributed by atoms with Crippen LogP contribution in [-0.2, 0) is 0 Å². The molecule has 1 aromatic heterocycles. The fraction of sp³-hybridized carbons (Fsp3) is 0.645. The van der Waals surface area contributed by atoms with Gasteiger partial charge in [0.1, 0.15) is 5.82 Å². The van der Waals surface area contributed by atoms with Crippen molar-refractivity contribution >= 4 is 0 Å². The van der Waals surface area contributed by atoms with Gasteiger partial charge in [0, 0.05) is 11.8 Å². The second-order valence-electron chi connectivity index (χ2n) is 10.9. The van der Waals surface area contributed by atoms with Gasteiger partial charge >= 0.3 is 0 Å². The van der Waals surface area contributed by atoms with E-state index in [2.05, 4.69) is 31.0 Å². The van der Waals surface area contributed by atoms with Crippen molar-refractivity contribution < 1.29 is 4.39 Å². The van der Waals surface area contributed by atoms with Crippen molar-refractivity contribution in [2.75, 3.05) is 0 Å². The minimum atomic E-state index is -0.113. The summed E-state index contributed by atoms with van der Waals surface area (Å²) in [7, 11) is 0. The van der Waals surface area contributed by atoms with Gasteiger partial charge in [0.15, 0.2) is 0 Å². The van der Waals surface area contributed by atoms with Crippen molar-refractivity contribution in [1.29, 1.82) is 0 Å². The van der Waals surface area contributed by atoms with Crippen LogP contribution in [0.3, 0.4) is 0 Å². The van der Waals surface area contributed by atoms with Crippen molar-refractivity contribution in [3.8, 4) is 11.3 Å². The molecule has 0 unspecified atom stereocenters. The molecule has 2 fully saturated rings. The number of nitrogens with zero attached hydrogens (tertiary/aromatic N) is 1. The molecular formula is C31H44FN. The molecule has 0 saturated heterocycles. The molecule has 0 atom stereocenters. The van der Waals surface area contributed by atoms with Gasteiger partial charge in [-0.05, 0) is 104 Å². The molecule has 0 spiro atoms. The van der Waals surface area contributed by atoms with Gasteiger partial charge in [-0.2, -0.15) is 0 Å². The molecule has 1 aromatic carbocycles. The monoisotopic (exact) mass is 449 g/mol. The van der Waals surface area contributed by atoms with Crippen molar-refractivity contribution in [2.24, 2.45) is 11.8 Å². The van der Waals surface area contributed by atoms with Crippen LogP contribution in [0.2, 0.25) is 0 Å². The first-order chi connectivity index (χ1) is 16.2. The van der Waals surface area contributed by atoms with Crippen molar-refractivity contribution in [3.63, 3.8) is 0 Å². The number of pyridine rings is 1. The standard InChI is InChI=1S/C31H44FN/c1-3-5-6-8-24-11-13-25(14-12-24)27-17-19-29(30(32)21-27)31-20-18-28(22-33-31)26-15-9-23(7-4-2)10-16-26/h17-26H,3-16H2,1-2H3/t23-,24-,25-,26-. The highest BCUT2D eigenvalue weighted by molar-refractivity contribution is 5.60. The molecule has 1 heterocycles. The summed E-state index contributed by atoms with van der Waals surface area (Å²) >= 11 is 0. The first-order valence-electron chi connectivity index (χ1n) is 13.9. The van der Waals surface area contributed by atoms with Gasteiger partial charge in [-0.25, -0.2) is 4.39 Å². The third kappa shape index (κ3) is 6.46. The largest absolute Gasteiger partial charge is 0.256 e. The lowest BCUT2D eigenvalue weighted by molar-refractivity contribution is 0.302. The summed E-state index contributed by atoms with van der Waals surface area (Å²) in [5.41, 5.74) is 3.93. The summed E-state index contributed by atoms with van der Waals surface area (Å²) in [6.45, 7) is 4.57. The molecule has 1 nitrogen and oxygen atoms in total. The Morgan fingerprint density at radius 3 is 1.94 bits per heavy atom. The maximum atomic E-state index is 15.1. The Bertz CT molecular complexity index is 842. The Labute approximate surface area is 201 Å². The van der Waals surface area contributed by atoms with Gasteiger partial charge in [0.05, 0.1) is 5.69 Å². The zero-order valence-corrected chi connectivity index (χ0v) is 21.0. The van der Waals surface area contributed by atoms with E-state index in [0.29, 0.717) is 17.4 Å². The topological polar surface area (TPSA) is 12.9 Å². The Kier molecular flexibility index (Phi) is 8.98. The average Bonchev–Trinajstić information content (AvgIpc) is 2.85. The molecule has 0 amide bonds. The van der Waals surface area contributed by atoms with E-state index in [-0.39, 0.29) is 5.82 Å². The Morgan fingerprint density at radius 1 is 0.727 bits per heavy atom. The average molecular weight is 450 g/mol. The lowest BCUT2D eigenvalue weighted by Gasteiger charge is -2.29. The fourth-order valence-electron chi connectivity index (χ4n) is 6.46. The molecule has 2 aromatic rings. The zero-order chi connectivity index (χ0) is 23.0. The van der Waals surface area contributed by atoms with Gasteiger partial charge in [-0.15, -0.1) is 0 Å². The van der Waals surface area contributed by atoms with E-state index < -0.39 is 0 Å². The number of unbranched alkanes of at least 4 members (excludes halogenated alkanes) is 2. The van der Waals surface area contributed by atoms with Crippen molar-refractivity contribution in [2.45, 2.75) is 116 Å². The van der Waals surface area contributed by atoms with Crippen LogP contribution in [0.4, 0.5) is 4.39 Å². The molecule has 0 radical (unpaired) electrons. The van der Waals surface area contributed by atoms with Crippen molar-refractivity contribution in [3.05, 3.63) is 53.5 Å². The molecule has 2 heteroatoms. The minimum absolute atomic E-state index is 0.113. The third-order valence-electron chi connectivity index (χ3n) is 8.60. The maximum absolute atomic E-state index is 15.1. The second-order valence-corrected chi connectivity index (χ2v) is 10.9. The maximum Gasteiger partial charge on any atom is 0.132 e. The van der Waals surface area contributed by atoms with E-state index in [1.807, 2.05) is 18.3 Å². The molecule has 0 aliphatic heterocycles. The summed E-state index contributed by atoms with van der Waals surface area (Å²) in [6, 6.07) is 10.1. The highest BCUT2D eigenvalue weighted by Crippen LogP contribution is 2.40. The first kappa shape index (κ1) is 24.4. The predicted octanol–water partition coefficient (Wildman–Crippen LogP) is 9.82. The number of halogens is 1. The highest BCUT2D eigenvalue weighted by Gasteiger charge is 2.24. The number of hydrogen-bond donors (Lipinski definition) is 0. The molecule has 0 N–H and O–H groups in total. The van der Waals surface area contributed by atoms with Crippen LogP contribution >= 0.6 is 0 Å². The molecule has 2 saturated carbocycles. The molecule has 180 valence electrons. The van der Waals surface area contributed by atoms with E-state index in [1.165, 1.54) is 101 Å². The predicted molar refractivity (Wildman–Crippen MR) is 138 cm³/mol. The van der Waals surface area contributed by atoms with E-state index >= 15 is 4.39 Å². The SMILES string of the molecule is CCCCC[C@H]1CC[C@H](c2ccc(-c3ccc([C@H]4CC[C@H](CCC)CC4)cn3)c(F)c2)CC1. The summed E-state index contributed by atoms with van der Waals surface area (Å²) in [6.07, 6.45) is 20.4. The summed E-state index contributed by atoms with van der Waals surface area (Å²) in [5, 5.41) is 0. The number of benzene rings is 1. The Hall–Kier alpha value is -1.70. The van der Waals surface area contributed by atoms with E-state index in [0.717, 1.165) is 17.5 Å². The summed E-state index contributed by atoms with van der Waals surface area (Å²) < 4.78 is 15.1. The van der Waals surface area contributed by atoms with Crippen LogP contribution in [0.25, 0.3) is 11.3 Å². The molecule has 2 aliphatic carbocycles. The number of hydrogen-bond acceptors (Lipinski definition) is 1. The minimum Gasteiger partial charge on any atom is -0.256 e. The van der Waals surface area contributed by atoms with E-state index in [9.17, 15) is 0 Å². The van der Waals surface area contributed by atoms with Crippen LogP contribution < -0.4 is 0 Å². The zero-order valence-electron chi connectivity index (χ0n) is 21.0. The van der Waals surface area contributed by atoms with Crippen LogP contribution in [-0.4, -0.2) is 4.98 Å². The smallest absolute Gasteiger partial charge is 0.132 e. The molecule has 4 rings (SSSR count). The lowest BCUT2D eigenvalue weighted by Crippen LogP contribution is -2.13. The van der Waals surface area contributed by atoms with E-state index in [4.69, 9.17) is 0 Å². The first-order valence-corrected chi connectivity index (χ1v) is 13.9. The van der Waals surface area contributed by atoms with Gasteiger partial charge < -0.3 is 0 Å². The molecule has 33 heavy (non-hydrogen) atoms. The second kappa shape index (κ2) is 12.1. The lowest BCUT2D eigenvalue weighted by atomic mass is 9.77. The van der Waals surface area contributed by atoms with Crippen LogP contribution in [0, 0.1) is 17.7 Å². The van der Waals surface area contributed by atoms with Crippen LogP contribution in [0.1, 0.15) is 127 Å². The third-order valence-corrected chi connectivity index (χ3v) is 8.60. The summed E-state index contributed by atoms with van der Waals surface area (Å²) in [4.78, 5) is 4.69. The van der Waals surface area contributed by atoms with Crippen LogP contribution in [0.15, 0.2) is 36.5 Å². The molecule has 2 aliphatic rings. The Balaban J connectivity index is 1.34. The molecular weight excluding hydrogens is 405 g/mol. The normalized spacial score (nSPS) is 25.8. The quantitative estimate of drug-likeness (QED) is 0.347. The Morgan fingerprint density at radius 2 is 1.36 bits per heavy atom. The summed E-state index contributed by atoms with van der Waals surface area (Å²) in [5.74, 6) is 2.85. The van der Waals surface area contributed by atoms with E-state index in [1.54, 1.807) is 6.07 Å². The number of rotatable bonds is 9. The van der Waals surface area contributed by atoms with Crippen molar-refractivity contribution in [1.82, 2.24) is 4.98 Å². The van der Waals surface area contributed by atoms with Gasteiger partial charge in [0.25, 0.3) is 0 Å².